The van der Waals surface area contributed by atoms with Gasteiger partial charge in [-0.25, -0.2) is 0 Å². The lowest BCUT2D eigenvalue weighted by atomic mass is 10.1. The van der Waals surface area contributed by atoms with Gasteiger partial charge >= 0.3 is 0 Å². The first-order chi connectivity index (χ1) is 6.05. The molecule has 0 aromatic heterocycles. The van der Waals surface area contributed by atoms with Gasteiger partial charge in [0, 0.05) is 21.3 Å². The van der Waals surface area contributed by atoms with E-state index in [9.17, 15) is 0 Å². The molecule has 0 aromatic carbocycles. The molecule has 13 heavy (non-hydrogen) atoms. The maximum absolute atomic E-state index is 5.32. The molecule has 0 saturated carbocycles. The van der Waals surface area contributed by atoms with Crippen LogP contribution in [0.25, 0.3) is 0 Å². The van der Waals surface area contributed by atoms with Gasteiger partial charge in [0.1, 0.15) is 10.5 Å². The lowest BCUT2D eigenvalue weighted by Crippen LogP contribution is -2.56. The zero-order valence-electron chi connectivity index (χ0n) is 8.92. The lowest BCUT2D eigenvalue weighted by Gasteiger charge is -2.42. The predicted molar refractivity (Wildman–Crippen MR) is 53.4 cm³/mol. The molecule has 0 N–H and O–H groups in total. The number of rotatable bonds is 6. The average molecular weight is 206 g/mol. The van der Waals surface area contributed by atoms with Crippen molar-refractivity contribution in [2.75, 3.05) is 21.3 Å². The van der Waals surface area contributed by atoms with Gasteiger partial charge in [-0.05, 0) is 13.0 Å². The number of ether oxygens (including phenoxy) is 3. The van der Waals surface area contributed by atoms with Gasteiger partial charge in [0.25, 0.3) is 0 Å². The maximum Gasteiger partial charge on any atom is 0.241 e. The average Bonchev–Trinajstić information content (AvgIpc) is 2.20. The fraction of sp³-hybridized carbons (Fsp3) is 0.750. The Balaban J connectivity index is 4.98. The zero-order chi connectivity index (χ0) is 10.5. The van der Waals surface area contributed by atoms with Crippen LogP contribution in [0.15, 0.2) is 12.7 Å². The minimum Gasteiger partial charge on any atom is -0.397 e. The number of hydrogen-bond acceptors (Lipinski definition) is 4. The van der Waals surface area contributed by atoms with E-state index in [0.29, 0.717) is 10.5 Å². The van der Waals surface area contributed by atoms with Gasteiger partial charge in [0.15, 0.2) is 0 Å². The molecule has 5 heteroatoms. The van der Waals surface area contributed by atoms with Crippen LogP contribution in [0.5, 0.6) is 0 Å². The van der Waals surface area contributed by atoms with Gasteiger partial charge in [0.2, 0.25) is 11.6 Å². The molecule has 0 radical (unpaired) electrons. The molecule has 0 aliphatic rings. The molecule has 4 nitrogen and oxygen atoms in total. The molecule has 0 heterocycles. The highest BCUT2D eigenvalue weighted by atomic mass is 28.2. The summed E-state index contributed by atoms with van der Waals surface area (Å²) < 4.78 is 21.0. The quantitative estimate of drug-likeness (QED) is 0.343. The minimum atomic E-state index is -1.07. The number of hydrogen-bond donors (Lipinski definition) is 0. The van der Waals surface area contributed by atoms with E-state index in [0.717, 1.165) is 0 Å². The van der Waals surface area contributed by atoms with Gasteiger partial charge in [-0.3, -0.25) is 0 Å². The highest BCUT2D eigenvalue weighted by molar-refractivity contribution is 5.98. The standard InChI is InChI=1S/C8H18O4Si/c1-6-8(10-4,11-5)7(2,9-3)12-13/h6H,1H2,2-5,13H3. The van der Waals surface area contributed by atoms with Crippen LogP contribution in [0.3, 0.4) is 0 Å². The van der Waals surface area contributed by atoms with Crippen LogP contribution in [0.4, 0.5) is 0 Å². The summed E-state index contributed by atoms with van der Waals surface area (Å²) in [4.78, 5) is 0. The Morgan fingerprint density at radius 2 is 1.62 bits per heavy atom. The van der Waals surface area contributed by atoms with Crippen LogP contribution >= 0.6 is 0 Å². The second kappa shape index (κ2) is 4.87. The summed E-state index contributed by atoms with van der Waals surface area (Å²) in [6.45, 7) is 5.39. The monoisotopic (exact) mass is 206 g/mol. The Hall–Kier alpha value is -0.203. The fourth-order valence-electron chi connectivity index (χ4n) is 1.17. The summed E-state index contributed by atoms with van der Waals surface area (Å²) in [5.74, 6) is -2.02. The first kappa shape index (κ1) is 12.8. The van der Waals surface area contributed by atoms with Gasteiger partial charge in [-0.2, -0.15) is 0 Å². The van der Waals surface area contributed by atoms with Crippen LogP contribution < -0.4 is 0 Å². The maximum atomic E-state index is 5.32. The molecule has 0 aromatic rings. The molecular formula is C8H18O4Si. The van der Waals surface area contributed by atoms with Crippen molar-refractivity contribution in [3.05, 3.63) is 12.7 Å². The second-order valence-corrected chi connectivity index (χ2v) is 3.04. The van der Waals surface area contributed by atoms with Crippen LogP contribution in [0.2, 0.25) is 0 Å². The highest BCUT2D eigenvalue weighted by Gasteiger charge is 2.48. The Morgan fingerprint density at radius 3 is 1.69 bits per heavy atom. The molecule has 1 atom stereocenters. The minimum absolute atomic E-state index is 0.518. The summed E-state index contributed by atoms with van der Waals surface area (Å²) in [7, 11) is 5.09. The smallest absolute Gasteiger partial charge is 0.241 e. The predicted octanol–water partition coefficient (Wildman–Crippen LogP) is -0.179. The Morgan fingerprint density at radius 1 is 1.15 bits per heavy atom. The summed E-state index contributed by atoms with van der Waals surface area (Å²) in [6.07, 6.45) is 1.52. The van der Waals surface area contributed by atoms with Gasteiger partial charge in [0.05, 0.1) is 0 Å². The van der Waals surface area contributed by atoms with Crippen molar-refractivity contribution in [1.29, 1.82) is 0 Å². The van der Waals surface area contributed by atoms with E-state index in [1.54, 1.807) is 6.92 Å². The van der Waals surface area contributed by atoms with Crippen molar-refractivity contribution in [3.8, 4) is 0 Å². The third kappa shape index (κ3) is 2.00. The molecule has 0 bridgehead atoms. The normalized spacial score (nSPS) is 16.9. The lowest BCUT2D eigenvalue weighted by molar-refractivity contribution is -0.338. The molecule has 78 valence electrons. The Labute approximate surface area is 82.4 Å². The first-order valence-electron chi connectivity index (χ1n) is 3.90. The summed E-state index contributed by atoms with van der Waals surface area (Å²) >= 11 is 0. The zero-order valence-corrected chi connectivity index (χ0v) is 10.9. The topological polar surface area (TPSA) is 36.9 Å². The SMILES string of the molecule is C=CC(OC)(OC)C(C)(OC)O[SiH3]. The summed E-state index contributed by atoms with van der Waals surface area (Å²) in [5, 5.41) is 0. The second-order valence-electron chi connectivity index (χ2n) is 2.63. The summed E-state index contributed by atoms with van der Waals surface area (Å²) in [6, 6.07) is 0. The molecule has 0 amide bonds. The molecule has 0 spiro atoms. The molecule has 0 fully saturated rings. The third-order valence-corrected chi connectivity index (χ3v) is 3.07. The molecule has 1 unspecified atom stereocenters. The van der Waals surface area contributed by atoms with E-state index in [1.807, 2.05) is 0 Å². The van der Waals surface area contributed by atoms with Gasteiger partial charge in [-0.15, -0.1) is 0 Å². The van der Waals surface area contributed by atoms with Crippen LogP contribution in [-0.4, -0.2) is 43.4 Å². The largest absolute Gasteiger partial charge is 0.397 e. The fourth-order valence-corrected chi connectivity index (χ4v) is 1.63. The van der Waals surface area contributed by atoms with Crippen LogP contribution in [0, 0.1) is 0 Å². The van der Waals surface area contributed by atoms with Crippen LogP contribution in [-0.2, 0) is 18.6 Å². The van der Waals surface area contributed by atoms with Gasteiger partial charge in [-0.1, -0.05) is 6.58 Å². The Kier molecular flexibility index (Phi) is 4.80. The van der Waals surface area contributed by atoms with E-state index in [2.05, 4.69) is 6.58 Å². The van der Waals surface area contributed by atoms with E-state index >= 15 is 0 Å². The van der Waals surface area contributed by atoms with E-state index in [1.165, 1.54) is 27.4 Å². The third-order valence-electron chi connectivity index (χ3n) is 2.29. The number of methoxy groups -OCH3 is 3. The van der Waals surface area contributed by atoms with E-state index in [4.69, 9.17) is 18.6 Å². The van der Waals surface area contributed by atoms with E-state index in [-0.39, 0.29) is 0 Å². The summed E-state index contributed by atoms with van der Waals surface area (Å²) in [5.41, 5.74) is 0. The van der Waals surface area contributed by atoms with Crippen molar-refractivity contribution < 1.29 is 18.6 Å². The molecule has 0 rings (SSSR count). The van der Waals surface area contributed by atoms with Crippen LogP contribution in [0.1, 0.15) is 6.92 Å². The molecule has 0 aliphatic heterocycles. The van der Waals surface area contributed by atoms with Crippen molar-refractivity contribution in [2.24, 2.45) is 0 Å². The highest BCUT2D eigenvalue weighted by Crippen LogP contribution is 2.31. The molecule has 0 saturated heterocycles. The van der Waals surface area contributed by atoms with Gasteiger partial charge < -0.3 is 18.6 Å². The molecular weight excluding hydrogens is 188 g/mol. The van der Waals surface area contributed by atoms with Crippen molar-refractivity contribution in [3.63, 3.8) is 0 Å². The van der Waals surface area contributed by atoms with Crippen molar-refractivity contribution in [1.82, 2.24) is 0 Å². The molecule has 0 aliphatic carbocycles. The van der Waals surface area contributed by atoms with Crippen molar-refractivity contribution in [2.45, 2.75) is 18.5 Å². The Bertz CT molecular complexity index is 164. The van der Waals surface area contributed by atoms with Crippen molar-refractivity contribution >= 4 is 10.5 Å². The van der Waals surface area contributed by atoms with E-state index < -0.39 is 11.6 Å². The first-order valence-corrected chi connectivity index (χ1v) is 4.71.